The van der Waals surface area contributed by atoms with Gasteiger partial charge in [0.05, 0.1) is 6.04 Å². The number of hydrogen-bond donors (Lipinski definition) is 2. The molecule has 1 heterocycles. The molecule has 0 saturated carbocycles. The van der Waals surface area contributed by atoms with E-state index >= 15 is 0 Å². The van der Waals surface area contributed by atoms with Crippen LogP contribution in [0.15, 0.2) is 60.7 Å². The van der Waals surface area contributed by atoms with Crippen molar-refractivity contribution in [3.63, 3.8) is 0 Å². The second-order valence-corrected chi connectivity index (χ2v) is 6.81. The van der Waals surface area contributed by atoms with Gasteiger partial charge in [0.1, 0.15) is 5.69 Å². The molecular weight excluding hydrogens is 336 g/mol. The number of carbonyl (C=O) groups excluding carboxylic acids is 2. The highest BCUT2D eigenvalue weighted by Crippen LogP contribution is 2.22. The van der Waals surface area contributed by atoms with Crippen molar-refractivity contribution in [2.45, 2.75) is 33.2 Å². The number of hydrogen-bond acceptors (Lipinski definition) is 2. The molecule has 1 unspecified atom stereocenters. The molecule has 138 valence electrons. The molecule has 2 aromatic carbocycles. The molecule has 1 aromatic heterocycles. The quantitative estimate of drug-likeness (QED) is 0.634. The van der Waals surface area contributed by atoms with Crippen molar-refractivity contribution in [1.82, 2.24) is 10.3 Å². The minimum absolute atomic E-state index is 0.0378. The van der Waals surface area contributed by atoms with E-state index in [2.05, 4.69) is 22.4 Å². The fourth-order valence-electron chi connectivity index (χ4n) is 3.52. The molecule has 27 heavy (non-hydrogen) atoms. The topological polar surface area (TPSA) is 62.0 Å². The number of amides is 1. The van der Waals surface area contributed by atoms with Crippen LogP contribution in [0.2, 0.25) is 0 Å². The Hall–Kier alpha value is -3.14. The molecule has 0 bridgehead atoms. The highest BCUT2D eigenvalue weighted by atomic mass is 16.2. The summed E-state index contributed by atoms with van der Waals surface area (Å²) in [5, 5.41) is 3.14. The molecule has 3 aromatic rings. The Labute approximate surface area is 159 Å². The molecule has 1 atom stereocenters. The van der Waals surface area contributed by atoms with E-state index in [1.807, 2.05) is 62.4 Å². The van der Waals surface area contributed by atoms with Gasteiger partial charge < -0.3 is 10.3 Å². The summed E-state index contributed by atoms with van der Waals surface area (Å²) in [7, 11) is 0. The molecular formula is C23H24N2O2. The molecule has 2 N–H and O–H groups in total. The maximum absolute atomic E-state index is 13.0. The maximum Gasteiger partial charge on any atom is 0.268 e. The minimum Gasteiger partial charge on any atom is -0.354 e. The first-order valence-corrected chi connectivity index (χ1v) is 9.07. The lowest BCUT2D eigenvalue weighted by molar-refractivity contribution is 0.0931. The average molecular weight is 360 g/mol. The lowest BCUT2D eigenvalue weighted by Gasteiger charge is -2.19. The number of nitrogens with one attached hydrogen (secondary N) is 2. The van der Waals surface area contributed by atoms with Gasteiger partial charge in [0.25, 0.3) is 5.91 Å². The number of Topliss-reactive ketones (excluding diaryl/α,β-unsaturated/α-hetero) is 1. The van der Waals surface area contributed by atoms with Gasteiger partial charge >= 0.3 is 0 Å². The van der Waals surface area contributed by atoms with Crippen molar-refractivity contribution in [3.8, 4) is 0 Å². The molecule has 0 spiro atoms. The molecule has 0 fully saturated rings. The zero-order chi connectivity index (χ0) is 19.4. The van der Waals surface area contributed by atoms with Gasteiger partial charge in [0.15, 0.2) is 5.78 Å². The van der Waals surface area contributed by atoms with E-state index in [0.717, 1.165) is 16.8 Å². The van der Waals surface area contributed by atoms with Gasteiger partial charge in [-0.3, -0.25) is 9.59 Å². The maximum atomic E-state index is 13.0. The Morgan fingerprint density at radius 1 is 0.963 bits per heavy atom. The molecule has 4 heteroatoms. The summed E-state index contributed by atoms with van der Waals surface area (Å²) in [5.41, 5.74) is 4.66. The van der Waals surface area contributed by atoms with E-state index in [1.165, 1.54) is 6.92 Å². The van der Waals surface area contributed by atoms with E-state index in [1.54, 1.807) is 0 Å². The Morgan fingerprint density at radius 3 is 2.11 bits per heavy atom. The van der Waals surface area contributed by atoms with E-state index < -0.39 is 0 Å². The van der Waals surface area contributed by atoms with Crippen LogP contribution in [0.1, 0.15) is 56.2 Å². The number of benzene rings is 2. The summed E-state index contributed by atoms with van der Waals surface area (Å²) in [5.74, 6) is -0.239. The Kier molecular flexibility index (Phi) is 5.55. The van der Waals surface area contributed by atoms with E-state index in [9.17, 15) is 9.59 Å². The van der Waals surface area contributed by atoms with Gasteiger partial charge in [-0.25, -0.2) is 0 Å². The number of rotatable bonds is 6. The highest BCUT2D eigenvalue weighted by Gasteiger charge is 2.22. The van der Waals surface area contributed by atoms with Crippen LogP contribution in [-0.2, 0) is 6.42 Å². The summed E-state index contributed by atoms with van der Waals surface area (Å²) >= 11 is 0. The monoisotopic (exact) mass is 360 g/mol. The number of aryl methyl sites for hydroxylation is 1. The molecule has 0 radical (unpaired) electrons. The number of carbonyl (C=O) groups is 2. The first-order chi connectivity index (χ1) is 13.0. The number of ketones is 1. The van der Waals surface area contributed by atoms with Gasteiger partial charge in [-0.05, 0) is 43.9 Å². The van der Waals surface area contributed by atoms with Gasteiger partial charge in [0.2, 0.25) is 0 Å². The summed E-state index contributed by atoms with van der Waals surface area (Å²) in [6, 6.07) is 19.9. The summed E-state index contributed by atoms with van der Waals surface area (Å²) in [6.45, 7) is 5.15. The van der Waals surface area contributed by atoms with Crippen LogP contribution in [0.25, 0.3) is 0 Å². The summed E-state index contributed by atoms with van der Waals surface area (Å²) in [4.78, 5) is 27.9. The Morgan fingerprint density at radius 2 is 1.56 bits per heavy atom. The van der Waals surface area contributed by atoms with Crippen molar-refractivity contribution in [3.05, 3.63) is 94.3 Å². The lowest BCUT2D eigenvalue weighted by Crippen LogP contribution is -2.30. The van der Waals surface area contributed by atoms with Crippen LogP contribution in [0.3, 0.4) is 0 Å². The average Bonchev–Trinajstić information content (AvgIpc) is 2.97. The molecule has 0 aliphatic heterocycles. The lowest BCUT2D eigenvalue weighted by atomic mass is 9.98. The molecule has 0 aliphatic rings. The molecule has 3 rings (SSSR count). The van der Waals surface area contributed by atoms with Crippen molar-refractivity contribution >= 4 is 11.7 Å². The van der Waals surface area contributed by atoms with E-state index in [-0.39, 0.29) is 17.7 Å². The standard InChI is InChI=1S/C23H24N2O2/c1-15-21(17(3)26)16(2)24-22(15)23(27)25-20(19-12-8-5-9-13-19)14-18-10-6-4-7-11-18/h4-13,20,24H,14H2,1-3H3,(H,25,27). The van der Waals surface area contributed by atoms with Crippen LogP contribution in [0, 0.1) is 13.8 Å². The minimum atomic E-state index is -0.201. The third kappa shape index (κ3) is 4.17. The third-order valence-electron chi connectivity index (χ3n) is 4.81. The van der Waals surface area contributed by atoms with Gasteiger partial charge in [-0.2, -0.15) is 0 Å². The Bertz CT molecular complexity index is 943. The Balaban J connectivity index is 1.89. The van der Waals surface area contributed by atoms with Crippen LogP contribution in [0.5, 0.6) is 0 Å². The number of aromatic amines is 1. The molecule has 1 amide bonds. The number of aromatic nitrogens is 1. The molecule has 0 aliphatic carbocycles. The third-order valence-corrected chi connectivity index (χ3v) is 4.81. The largest absolute Gasteiger partial charge is 0.354 e. The fourth-order valence-corrected chi connectivity index (χ4v) is 3.52. The SMILES string of the molecule is CC(=O)c1c(C)[nH]c(C(=O)NC(Cc2ccccc2)c2ccccc2)c1C. The summed E-state index contributed by atoms with van der Waals surface area (Å²) < 4.78 is 0. The van der Waals surface area contributed by atoms with Crippen LogP contribution < -0.4 is 5.32 Å². The summed E-state index contributed by atoms with van der Waals surface area (Å²) in [6.07, 6.45) is 0.689. The fraction of sp³-hybridized carbons (Fsp3) is 0.217. The zero-order valence-electron chi connectivity index (χ0n) is 15.9. The second kappa shape index (κ2) is 8.04. The van der Waals surface area contributed by atoms with Gasteiger partial charge in [-0.1, -0.05) is 60.7 Å². The molecule has 0 saturated heterocycles. The first kappa shape index (κ1) is 18.6. The van der Waals surface area contributed by atoms with E-state index in [4.69, 9.17) is 0 Å². The zero-order valence-corrected chi connectivity index (χ0v) is 15.9. The highest BCUT2D eigenvalue weighted by molar-refractivity contribution is 6.02. The smallest absolute Gasteiger partial charge is 0.268 e. The van der Waals surface area contributed by atoms with Crippen molar-refractivity contribution in [2.75, 3.05) is 0 Å². The normalized spacial score (nSPS) is 11.8. The molecule has 4 nitrogen and oxygen atoms in total. The van der Waals surface area contributed by atoms with E-state index in [0.29, 0.717) is 23.2 Å². The van der Waals surface area contributed by atoms with Crippen molar-refractivity contribution in [1.29, 1.82) is 0 Å². The predicted octanol–water partition coefficient (Wildman–Crippen LogP) is 4.55. The predicted molar refractivity (Wildman–Crippen MR) is 107 cm³/mol. The second-order valence-electron chi connectivity index (χ2n) is 6.81. The van der Waals surface area contributed by atoms with Crippen LogP contribution >= 0.6 is 0 Å². The van der Waals surface area contributed by atoms with Gasteiger partial charge in [-0.15, -0.1) is 0 Å². The van der Waals surface area contributed by atoms with Crippen molar-refractivity contribution in [2.24, 2.45) is 0 Å². The van der Waals surface area contributed by atoms with Crippen LogP contribution in [0.4, 0.5) is 0 Å². The van der Waals surface area contributed by atoms with Crippen LogP contribution in [-0.4, -0.2) is 16.7 Å². The van der Waals surface area contributed by atoms with Gasteiger partial charge in [0, 0.05) is 11.3 Å². The number of H-pyrrole nitrogens is 1. The first-order valence-electron chi connectivity index (χ1n) is 9.07. The van der Waals surface area contributed by atoms with Crippen molar-refractivity contribution < 1.29 is 9.59 Å².